The molecular formula is C10H18N6O. The van der Waals surface area contributed by atoms with E-state index in [2.05, 4.69) is 15.5 Å². The predicted molar refractivity (Wildman–Crippen MR) is 62.0 cm³/mol. The lowest BCUT2D eigenvalue weighted by molar-refractivity contribution is 0.184. The van der Waals surface area contributed by atoms with Crippen molar-refractivity contribution >= 4 is 6.03 Å². The predicted octanol–water partition coefficient (Wildman–Crippen LogP) is -0.552. The first-order valence-electron chi connectivity index (χ1n) is 5.77. The van der Waals surface area contributed by atoms with Gasteiger partial charge in [0.25, 0.3) is 0 Å². The Kier molecular flexibility index (Phi) is 3.58. The molecule has 1 saturated heterocycles. The number of amides is 2. The van der Waals surface area contributed by atoms with Crippen molar-refractivity contribution in [2.75, 3.05) is 13.1 Å². The molecular weight excluding hydrogens is 220 g/mol. The van der Waals surface area contributed by atoms with Crippen LogP contribution in [0.1, 0.15) is 18.7 Å². The normalized spacial score (nSPS) is 17.4. The van der Waals surface area contributed by atoms with Crippen LogP contribution in [-0.2, 0) is 13.6 Å². The number of hydrogen-bond donors (Lipinski definition) is 2. The molecule has 2 rings (SSSR count). The highest BCUT2D eigenvalue weighted by molar-refractivity contribution is 5.72. The molecule has 0 aliphatic carbocycles. The lowest BCUT2D eigenvalue weighted by atomic mass is 10.1. The summed E-state index contributed by atoms with van der Waals surface area (Å²) in [5, 5.41) is 11.3. The monoisotopic (exact) mass is 238 g/mol. The Morgan fingerprint density at radius 2 is 2.29 bits per heavy atom. The Morgan fingerprint density at radius 3 is 2.82 bits per heavy atom. The van der Waals surface area contributed by atoms with E-state index in [9.17, 15) is 4.79 Å². The zero-order valence-corrected chi connectivity index (χ0v) is 9.96. The summed E-state index contributed by atoms with van der Waals surface area (Å²) in [4.78, 5) is 12.6. The number of hydrogen-bond acceptors (Lipinski definition) is 4. The third-order valence-corrected chi connectivity index (χ3v) is 3.16. The average molecular weight is 238 g/mol. The van der Waals surface area contributed by atoms with Crippen molar-refractivity contribution in [3.63, 3.8) is 0 Å². The van der Waals surface area contributed by atoms with Gasteiger partial charge in [-0.3, -0.25) is 0 Å². The van der Waals surface area contributed by atoms with Crippen LogP contribution in [0.4, 0.5) is 4.79 Å². The van der Waals surface area contributed by atoms with Crippen molar-refractivity contribution in [2.45, 2.75) is 25.4 Å². The SMILES string of the molecule is Cn1cnnc1CNC1CCN(C(N)=O)CC1. The van der Waals surface area contributed by atoms with Gasteiger partial charge in [-0.25, -0.2) is 4.79 Å². The average Bonchev–Trinajstić information content (AvgIpc) is 2.73. The molecule has 1 aliphatic rings. The van der Waals surface area contributed by atoms with E-state index in [1.54, 1.807) is 11.2 Å². The van der Waals surface area contributed by atoms with Crippen LogP contribution in [0.25, 0.3) is 0 Å². The van der Waals surface area contributed by atoms with Gasteiger partial charge in [0, 0.05) is 26.2 Å². The number of nitrogens with two attached hydrogens (primary N) is 1. The lowest BCUT2D eigenvalue weighted by Gasteiger charge is -2.31. The molecule has 0 saturated carbocycles. The van der Waals surface area contributed by atoms with Gasteiger partial charge in [0.1, 0.15) is 12.2 Å². The quantitative estimate of drug-likeness (QED) is 0.739. The fraction of sp³-hybridized carbons (Fsp3) is 0.700. The Balaban J connectivity index is 1.75. The molecule has 7 nitrogen and oxygen atoms in total. The molecule has 0 aromatic carbocycles. The molecule has 17 heavy (non-hydrogen) atoms. The second-order valence-electron chi connectivity index (χ2n) is 4.34. The van der Waals surface area contributed by atoms with E-state index in [0.29, 0.717) is 12.6 Å². The molecule has 1 aromatic rings. The summed E-state index contributed by atoms with van der Waals surface area (Å²) in [5.41, 5.74) is 5.23. The molecule has 2 heterocycles. The van der Waals surface area contributed by atoms with Crippen LogP contribution < -0.4 is 11.1 Å². The highest BCUT2D eigenvalue weighted by Crippen LogP contribution is 2.10. The van der Waals surface area contributed by atoms with Crippen LogP contribution in [-0.4, -0.2) is 44.8 Å². The molecule has 0 atom stereocenters. The third-order valence-electron chi connectivity index (χ3n) is 3.16. The molecule has 0 spiro atoms. The van der Waals surface area contributed by atoms with E-state index in [4.69, 9.17) is 5.73 Å². The van der Waals surface area contributed by atoms with Crippen LogP contribution in [0, 0.1) is 0 Å². The zero-order chi connectivity index (χ0) is 12.3. The number of likely N-dealkylation sites (tertiary alicyclic amines) is 1. The molecule has 1 fully saturated rings. The third kappa shape index (κ3) is 2.94. The number of rotatable bonds is 3. The molecule has 94 valence electrons. The Morgan fingerprint density at radius 1 is 1.59 bits per heavy atom. The van der Waals surface area contributed by atoms with Crippen molar-refractivity contribution < 1.29 is 4.79 Å². The van der Waals surface area contributed by atoms with Gasteiger partial charge in [0.15, 0.2) is 0 Å². The molecule has 3 N–H and O–H groups in total. The summed E-state index contributed by atoms with van der Waals surface area (Å²) in [6, 6.07) is 0.0963. The number of carbonyl (C=O) groups excluding carboxylic acids is 1. The summed E-state index contributed by atoms with van der Waals surface area (Å²) in [5.74, 6) is 0.919. The molecule has 7 heteroatoms. The highest BCUT2D eigenvalue weighted by atomic mass is 16.2. The van der Waals surface area contributed by atoms with Crippen LogP contribution in [0.15, 0.2) is 6.33 Å². The van der Waals surface area contributed by atoms with E-state index in [1.165, 1.54) is 0 Å². The maximum Gasteiger partial charge on any atom is 0.314 e. The minimum atomic E-state index is -0.322. The maximum absolute atomic E-state index is 11.0. The van der Waals surface area contributed by atoms with Gasteiger partial charge in [0.2, 0.25) is 0 Å². The van der Waals surface area contributed by atoms with Crippen molar-refractivity contribution in [3.8, 4) is 0 Å². The number of nitrogens with one attached hydrogen (secondary N) is 1. The molecule has 0 radical (unpaired) electrons. The minimum Gasteiger partial charge on any atom is -0.351 e. The van der Waals surface area contributed by atoms with Crippen LogP contribution in [0.3, 0.4) is 0 Å². The van der Waals surface area contributed by atoms with E-state index in [-0.39, 0.29) is 6.03 Å². The van der Waals surface area contributed by atoms with E-state index < -0.39 is 0 Å². The minimum absolute atomic E-state index is 0.322. The number of primary amides is 1. The number of aromatic nitrogens is 3. The lowest BCUT2D eigenvalue weighted by Crippen LogP contribution is -2.46. The summed E-state index contributed by atoms with van der Waals surface area (Å²) in [7, 11) is 1.92. The van der Waals surface area contributed by atoms with Gasteiger partial charge in [-0.1, -0.05) is 0 Å². The Bertz CT molecular complexity index is 382. The van der Waals surface area contributed by atoms with Gasteiger partial charge in [-0.05, 0) is 12.8 Å². The Labute approximate surface area is 100.0 Å². The molecule has 0 unspecified atom stereocenters. The number of urea groups is 1. The zero-order valence-electron chi connectivity index (χ0n) is 9.96. The first-order valence-corrected chi connectivity index (χ1v) is 5.77. The van der Waals surface area contributed by atoms with Gasteiger partial charge in [-0.2, -0.15) is 0 Å². The number of aryl methyl sites for hydroxylation is 1. The molecule has 0 bridgehead atoms. The van der Waals surface area contributed by atoms with Crippen molar-refractivity contribution in [1.29, 1.82) is 0 Å². The van der Waals surface area contributed by atoms with E-state index in [1.807, 2.05) is 11.6 Å². The van der Waals surface area contributed by atoms with E-state index in [0.717, 1.165) is 31.8 Å². The van der Waals surface area contributed by atoms with Crippen LogP contribution in [0.2, 0.25) is 0 Å². The van der Waals surface area contributed by atoms with Gasteiger partial charge < -0.3 is 20.5 Å². The number of piperidine rings is 1. The molecule has 1 aliphatic heterocycles. The van der Waals surface area contributed by atoms with Crippen LogP contribution >= 0.6 is 0 Å². The van der Waals surface area contributed by atoms with Crippen molar-refractivity contribution in [2.24, 2.45) is 12.8 Å². The molecule has 2 amide bonds. The van der Waals surface area contributed by atoms with Crippen LogP contribution in [0.5, 0.6) is 0 Å². The Hall–Kier alpha value is -1.63. The fourth-order valence-electron chi connectivity index (χ4n) is 2.01. The maximum atomic E-state index is 11.0. The standard InChI is InChI=1S/C10H18N6O/c1-15-7-13-14-9(15)6-12-8-2-4-16(5-3-8)10(11)17/h7-8,12H,2-6H2,1H3,(H2,11,17). The summed E-state index contributed by atoms with van der Waals surface area (Å²) < 4.78 is 1.89. The first-order chi connectivity index (χ1) is 8.16. The van der Waals surface area contributed by atoms with Gasteiger partial charge in [0.05, 0.1) is 6.54 Å². The van der Waals surface area contributed by atoms with E-state index >= 15 is 0 Å². The van der Waals surface area contributed by atoms with Gasteiger partial charge in [-0.15, -0.1) is 10.2 Å². The molecule has 1 aromatic heterocycles. The number of nitrogens with zero attached hydrogens (tertiary/aromatic N) is 4. The second-order valence-corrected chi connectivity index (χ2v) is 4.34. The first kappa shape index (κ1) is 11.8. The topological polar surface area (TPSA) is 89.1 Å². The second kappa shape index (κ2) is 5.13. The summed E-state index contributed by atoms with van der Waals surface area (Å²) in [6.45, 7) is 2.16. The summed E-state index contributed by atoms with van der Waals surface area (Å²) >= 11 is 0. The summed E-state index contributed by atoms with van der Waals surface area (Å²) in [6.07, 6.45) is 3.55. The van der Waals surface area contributed by atoms with Crippen molar-refractivity contribution in [3.05, 3.63) is 12.2 Å². The smallest absolute Gasteiger partial charge is 0.314 e. The number of carbonyl (C=O) groups is 1. The van der Waals surface area contributed by atoms with Crippen molar-refractivity contribution in [1.82, 2.24) is 25.0 Å². The van der Waals surface area contributed by atoms with Gasteiger partial charge >= 0.3 is 6.03 Å². The highest BCUT2D eigenvalue weighted by Gasteiger charge is 2.20. The fourth-order valence-corrected chi connectivity index (χ4v) is 2.01. The largest absolute Gasteiger partial charge is 0.351 e.